The van der Waals surface area contributed by atoms with E-state index in [1.807, 2.05) is 36.5 Å². The summed E-state index contributed by atoms with van der Waals surface area (Å²) in [4.78, 5) is 12.9. The van der Waals surface area contributed by atoms with Crippen LogP contribution in [0.1, 0.15) is 43.9 Å². The largest absolute Gasteiger partial charge is 0.474 e. The number of aromatic nitrogens is 2. The third-order valence-electron chi connectivity index (χ3n) is 4.90. The summed E-state index contributed by atoms with van der Waals surface area (Å²) in [5.41, 5.74) is 2.09. The summed E-state index contributed by atoms with van der Waals surface area (Å²) in [6, 6.07) is 9.88. The van der Waals surface area contributed by atoms with Gasteiger partial charge in [0.25, 0.3) is 0 Å². The highest BCUT2D eigenvalue weighted by atomic mass is 127. The lowest BCUT2D eigenvalue weighted by Crippen LogP contribution is -2.36. The zero-order valence-electron chi connectivity index (χ0n) is 16.6. The summed E-state index contributed by atoms with van der Waals surface area (Å²) in [5.74, 6) is 2.27. The second kappa shape index (κ2) is 11.8. The number of guanidine groups is 1. The van der Waals surface area contributed by atoms with Crippen molar-refractivity contribution in [2.24, 2.45) is 10.9 Å². The lowest BCUT2D eigenvalue weighted by atomic mass is 9.89. The molecule has 2 N–H and O–H groups in total. The first-order valence-corrected chi connectivity index (χ1v) is 9.69. The van der Waals surface area contributed by atoms with Crippen LogP contribution in [-0.2, 0) is 13.1 Å². The molecule has 0 saturated heterocycles. The van der Waals surface area contributed by atoms with E-state index in [2.05, 4.69) is 32.5 Å². The van der Waals surface area contributed by atoms with E-state index >= 15 is 0 Å². The second-order valence-corrected chi connectivity index (χ2v) is 7.10. The van der Waals surface area contributed by atoms with E-state index in [0.717, 1.165) is 36.0 Å². The van der Waals surface area contributed by atoms with Gasteiger partial charge in [0.05, 0.1) is 12.2 Å². The van der Waals surface area contributed by atoms with Crippen LogP contribution in [0.25, 0.3) is 0 Å². The van der Waals surface area contributed by atoms with E-state index in [9.17, 15) is 0 Å². The van der Waals surface area contributed by atoms with Crippen LogP contribution in [0.4, 0.5) is 0 Å². The average Bonchev–Trinajstić information content (AvgIpc) is 2.71. The highest BCUT2D eigenvalue weighted by molar-refractivity contribution is 14.0. The van der Waals surface area contributed by atoms with Gasteiger partial charge in [-0.3, -0.25) is 9.98 Å². The molecule has 2 aromatic rings. The van der Waals surface area contributed by atoms with Crippen molar-refractivity contribution < 1.29 is 4.74 Å². The molecule has 6 nitrogen and oxygen atoms in total. The van der Waals surface area contributed by atoms with Crippen molar-refractivity contribution in [3.63, 3.8) is 0 Å². The maximum Gasteiger partial charge on any atom is 0.213 e. The Hall–Kier alpha value is -1.90. The van der Waals surface area contributed by atoms with Crippen LogP contribution in [0.15, 0.2) is 47.7 Å². The Morgan fingerprint density at radius 3 is 2.57 bits per heavy atom. The van der Waals surface area contributed by atoms with Crippen LogP contribution in [0, 0.1) is 5.92 Å². The molecule has 1 aliphatic carbocycles. The second-order valence-electron chi connectivity index (χ2n) is 7.10. The molecule has 152 valence electrons. The molecule has 0 amide bonds. The van der Waals surface area contributed by atoms with Crippen LogP contribution < -0.4 is 15.4 Å². The minimum Gasteiger partial charge on any atom is -0.474 e. The third kappa shape index (κ3) is 7.26. The molecule has 0 aromatic carbocycles. The van der Waals surface area contributed by atoms with Crippen molar-refractivity contribution in [1.82, 2.24) is 20.6 Å². The van der Waals surface area contributed by atoms with E-state index in [1.54, 1.807) is 13.2 Å². The fraction of sp³-hybridized carbons (Fsp3) is 0.476. The van der Waals surface area contributed by atoms with Crippen molar-refractivity contribution in [3.05, 3.63) is 54.0 Å². The molecular weight excluding hydrogens is 465 g/mol. The lowest BCUT2D eigenvalue weighted by Gasteiger charge is -2.26. The maximum absolute atomic E-state index is 6.09. The fourth-order valence-electron chi connectivity index (χ4n) is 3.23. The Kier molecular flexibility index (Phi) is 9.46. The van der Waals surface area contributed by atoms with Crippen LogP contribution in [0.3, 0.4) is 0 Å². The molecule has 1 aliphatic rings. The molecule has 0 bridgehead atoms. The third-order valence-corrected chi connectivity index (χ3v) is 4.90. The molecule has 0 unspecified atom stereocenters. The Bertz CT molecular complexity index is 733. The van der Waals surface area contributed by atoms with Crippen LogP contribution >= 0.6 is 24.0 Å². The molecule has 1 saturated carbocycles. The molecule has 0 aliphatic heterocycles. The van der Waals surface area contributed by atoms with Gasteiger partial charge in [-0.1, -0.05) is 13.0 Å². The predicted molar refractivity (Wildman–Crippen MR) is 123 cm³/mol. The van der Waals surface area contributed by atoms with E-state index in [1.165, 1.54) is 12.8 Å². The van der Waals surface area contributed by atoms with E-state index in [0.29, 0.717) is 25.1 Å². The molecule has 28 heavy (non-hydrogen) atoms. The molecule has 0 radical (unpaired) electrons. The molecule has 7 heteroatoms. The number of aliphatic imine (C=N–C) groups is 1. The number of rotatable bonds is 6. The van der Waals surface area contributed by atoms with Crippen molar-refractivity contribution in [2.75, 3.05) is 7.05 Å². The van der Waals surface area contributed by atoms with Crippen molar-refractivity contribution in [3.8, 4) is 5.88 Å². The summed E-state index contributed by atoms with van der Waals surface area (Å²) in [6.07, 6.45) is 8.62. The quantitative estimate of drug-likeness (QED) is 0.361. The van der Waals surface area contributed by atoms with E-state index < -0.39 is 0 Å². The predicted octanol–water partition coefficient (Wildman–Crippen LogP) is 3.92. The van der Waals surface area contributed by atoms with Gasteiger partial charge >= 0.3 is 0 Å². The number of ether oxygens (including phenoxy) is 1. The standard InChI is InChI=1S/C21H29N5O.HI/c1-16-6-8-19(9-7-16)27-20-13-17(10-12-24-20)14-25-21(22-2)26-15-18-5-3-4-11-23-18;/h3-5,10-13,16,19H,6-9,14-15H2,1-2H3,(H2,22,25,26);1H. The summed E-state index contributed by atoms with van der Waals surface area (Å²) in [5, 5.41) is 6.59. The van der Waals surface area contributed by atoms with Gasteiger partial charge < -0.3 is 15.4 Å². The van der Waals surface area contributed by atoms with Crippen molar-refractivity contribution >= 4 is 29.9 Å². The number of nitrogens with zero attached hydrogens (tertiary/aromatic N) is 3. The topological polar surface area (TPSA) is 71.4 Å². The van der Waals surface area contributed by atoms with Gasteiger partial charge in [0.2, 0.25) is 5.88 Å². The van der Waals surface area contributed by atoms with Gasteiger partial charge in [-0.15, -0.1) is 24.0 Å². The Balaban J connectivity index is 0.00000280. The number of halogens is 1. The SMILES string of the molecule is CN=C(NCc1ccnc(OC2CCC(C)CC2)c1)NCc1ccccn1.I. The highest BCUT2D eigenvalue weighted by Gasteiger charge is 2.19. The van der Waals surface area contributed by atoms with Gasteiger partial charge in [-0.2, -0.15) is 0 Å². The molecule has 0 atom stereocenters. The van der Waals surface area contributed by atoms with Crippen LogP contribution in [-0.4, -0.2) is 29.1 Å². The van der Waals surface area contributed by atoms with Gasteiger partial charge in [0.15, 0.2) is 5.96 Å². The monoisotopic (exact) mass is 495 g/mol. The number of hydrogen-bond acceptors (Lipinski definition) is 4. The zero-order chi connectivity index (χ0) is 18.9. The lowest BCUT2D eigenvalue weighted by molar-refractivity contribution is 0.130. The van der Waals surface area contributed by atoms with Gasteiger partial charge in [-0.05, 0) is 55.4 Å². The smallest absolute Gasteiger partial charge is 0.213 e. The first-order valence-electron chi connectivity index (χ1n) is 9.69. The van der Waals surface area contributed by atoms with Crippen molar-refractivity contribution in [2.45, 2.75) is 51.8 Å². The van der Waals surface area contributed by atoms with Gasteiger partial charge in [-0.25, -0.2) is 4.98 Å². The van der Waals surface area contributed by atoms with Gasteiger partial charge in [0, 0.05) is 32.1 Å². The van der Waals surface area contributed by atoms with E-state index in [-0.39, 0.29) is 24.0 Å². The number of hydrogen-bond donors (Lipinski definition) is 2. The summed E-state index contributed by atoms with van der Waals surface area (Å²) >= 11 is 0. The molecular formula is C21H30IN5O. The van der Waals surface area contributed by atoms with Crippen molar-refractivity contribution in [1.29, 1.82) is 0 Å². The molecule has 1 fully saturated rings. The normalized spacial score (nSPS) is 19.4. The fourth-order valence-corrected chi connectivity index (χ4v) is 3.23. The molecule has 0 spiro atoms. The number of nitrogens with one attached hydrogen (secondary N) is 2. The first kappa shape index (κ1) is 22.4. The Morgan fingerprint density at radius 1 is 1.07 bits per heavy atom. The molecule has 3 rings (SSSR count). The van der Waals surface area contributed by atoms with Gasteiger partial charge in [0.1, 0.15) is 6.10 Å². The average molecular weight is 495 g/mol. The summed E-state index contributed by atoms with van der Waals surface area (Å²) < 4.78 is 6.09. The van der Waals surface area contributed by atoms with E-state index in [4.69, 9.17) is 4.74 Å². The minimum atomic E-state index is 0. The molecule has 2 aromatic heterocycles. The Morgan fingerprint density at radius 2 is 1.86 bits per heavy atom. The van der Waals surface area contributed by atoms with Crippen LogP contribution in [0.5, 0.6) is 5.88 Å². The Labute approximate surface area is 184 Å². The zero-order valence-corrected chi connectivity index (χ0v) is 18.9. The summed E-state index contributed by atoms with van der Waals surface area (Å²) in [6.45, 7) is 3.60. The summed E-state index contributed by atoms with van der Waals surface area (Å²) in [7, 11) is 1.76. The molecule has 2 heterocycles. The highest BCUT2D eigenvalue weighted by Crippen LogP contribution is 2.26. The minimum absolute atomic E-state index is 0. The van der Waals surface area contributed by atoms with Crippen LogP contribution in [0.2, 0.25) is 0 Å². The number of pyridine rings is 2. The first-order chi connectivity index (χ1) is 13.2. The maximum atomic E-state index is 6.09.